The van der Waals surface area contributed by atoms with Crippen LogP contribution in [-0.4, -0.2) is 11.6 Å². The average Bonchev–Trinajstić information content (AvgIpc) is 2.80. The van der Waals surface area contributed by atoms with Crippen molar-refractivity contribution < 1.29 is 4.74 Å². The molecular formula is C18H27NO. The first kappa shape index (κ1) is 13.9. The minimum atomic E-state index is 0.00737. The van der Waals surface area contributed by atoms with E-state index in [4.69, 9.17) is 10.5 Å². The summed E-state index contributed by atoms with van der Waals surface area (Å²) in [7, 11) is 0. The number of fused-ring (bicyclic) bond motifs is 1. The number of benzene rings is 1. The number of nitrogens with two attached hydrogens (primary N) is 1. The molecule has 0 amide bonds. The van der Waals surface area contributed by atoms with Gasteiger partial charge in [0, 0.05) is 18.4 Å². The van der Waals surface area contributed by atoms with Crippen LogP contribution in [0.4, 0.5) is 0 Å². The molecule has 0 bridgehead atoms. The molecule has 1 aliphatic heterocycles. The molecule has 1 unspecified atom stereocenters. The highest BCUT2D eigenvalue weighted by Crippen LogP contribution is 2.38. The van der Waals surface area contributed by atoms with E-state index in [1.54, 1.807) is 0 Å². The summed E-state index contributed by atoms with van der Waals surface area (Å²) in [5, 5.41) is 0. The number of ether oxygens (including phenoxy) is 1. The summed E-state index contributed by atoms with van der Waals surface area (Å²) in [5.74, 6) is 1.97. The summed E-state index contributed by atoms with van der Waals surface area (Å²) in [4.78, 5) is 0. The molecule has 3 rings (SSSR count). The summed E-state index contributed by atoms with van der Waals surface area (Å²) < 4.78 is 6.10. The number of hydrogen-bond acceptors (Lipinski definition) is 2. The Hall–Kier alpha value is -1.02. The Morgan fingerprint density at radius 2 is 2.05 bits per heavy atom. The predicted molar refractivity (Wildman–Crippen MR) is 83.1 cm³/mol. The van der Waals surface area contributed by atoms with Crippen LogP contribution < -0.4 is 10.5 Å². The van der Waals surface area contributed by atoms with Gasteiger partial charge in [-0.2, -0.15) is 0 Å². The van der Waals surface area contributed by atoms with Crippen molar-refractivity contribution in [3.8, 4) is 5.75 Å². The first-order valence-corrected chi connectivity index (χ1v) is 8.13. The third-order valence-electron chi connectivity index (χ3n) is 5.27. The first-order valence-electron chi connectivity index (χ1n) is 8.13. The van der Waals surface area contributed by atoms with Crippen LogP contribution in [0.25, 0.3) is 0 Å². The summed E-state index contributed by atoms with van der Waals surface area (Å²) >= 11 is 0. The van der Waals surface area contributed by atoms with Crippen molar-refractivity contribution >= 4 is 0 Å². The van der Waals surface area contributed by atoms with Gasteiger partial charge in [0.1, 0.15) is 11.9 Å². The Kier molecular flexibility index (Phi) is 3.76. The highest BCUT2D eigenvalue weighted by Gasteiger charge is 2.36. The summed E-state index contributed by atoms with van der Waals surface area (Å²) in [6, 6.07) is 6.50. The molecule has 0 radical (unpaired) electrons. The molecule has 2 aliphatic rings. The van der Waals surface area contributed by atoms with E-state index in [9.17, 15) is 0 Å². The second kappa shape index (κ2) is 5.40. The van der Waals surface area contributed by atoms with Gasteiger partial charge in [-0.1, -0.05) is 31.0 Å². The molecule has 20 heavy (non-hydrogen) atoms. The Morgan fingerprint density at radius 1 is 1.30 bits per heavy atom. The molecule has 1 fully saturated rings. The molecule has 1 aliphatic carbocycles. The van der Waals surface area contributed by atoms with E-state index in [-0.39, 0.29) is 11.6 Å². The van der Waals surface area contributed by atoms with Crippen molar-refractivity contribution in [2.24, 2.45) is 11.7 Å². The lowest BCUT2D eigenvalue weighted by Gasteiger charge is -2.38. The number of rotatable bonds is 3. The Labute approximate surface area is 122 Å². The van der Waals surface area contributed by atoms with Crippen LogP contribution >= 0.6 is 0 Å². The lowest BCUT2D eigenvalue weighted by molar-refractivity contribution is 0.138. The second-order valence-corrected chi connectivity index (χ2v) is 6.97. The number of hydrogen-bond donors (Lipinski definition) is 1. The molecular weight excluding hydrogens is 246 g/mol. The van der Waals surface area contributed by atoms with Gasteiger partial charge >= 0.3 is 0 Å². The van der Waals surface area contributed by atoms with Crippen molar-refractivity contribution in [3.63, 3.8) is 0 Å². The van der Waals surface area contributed by atoms with E-state index in [1.807, 2.05) is 0 Å². The Balaban J connectivity index is 1.60. The van der Waals surface area contributed by atoms with Crippen LogP contribution in [0.2, 0.25) is 0 Å². The second-order valence-electron chi connectivity index (χ2n) is 6.97. The molecule has 1 aromatic rings. The molecule has 1 saturated carbocycles. The smallest absolute Gasteiger partial charge is 0.123 e. The van der Waals surface area contributed by atoms with Gasteiger partial charge in [0.2, 0.25) is 0 Å². The van der Waals surface area contributed by atoms with Gasteiger partial charge in [-0.3, -0.25) is 0 Å². The molecule has 1 aromatic carbocycles. The van der Waals surface area contributed by atoms with Crippen molar-refractivity contribution in [3.05, 3.63) is 29.3 Å². The molecule has 0 aromatic heterocycles. The Bertz CT molecular complexity index is 474. The summed E-state index contributed by atoms with van der Waals surface area (Å²) in [5.41, 5.74) is 9.33. The zero-order chi connectivity index (χ0) is 14.2. The fourth-order valence-electron chi connectivity index (χ4n) is 3.88. The van der Waals surface area contributed by atoms with Gasteiger partial charge in [-0.25, -0.2) is 0 Å². The van der Waals surface area contributed by atoms with Crippen molar-refractivity contribution in [1.82, 2.24) is 0 Å². The Morgan fingerprint density at radius 3 is 2.75 bits per heavy atom. The van der Waals surface area contributed by atoms with Crippen molar-refractivity contribution in [2.45, 2.75) is 70.4 Å². The molecule has 0 saturated heterocycles. The van der Waals surface area contributed by atoms with E-state index in [1.165, 1.54) is 43.2 Å². The van der Waals surface area contributed by atoms with E-state index in [0.717, 1.165) is 24.5 Å². The minimum absolute atomic E-state index is 0.00737. The molecule has 0 spiro atoms. The molecule has 2 heteroatoms. The van der Waals surface area contributed by atoms with Gasteiger partial charge in [0.25, 0.3) is 0 Å². The third-order valence-corrected chi connectivity index (χ3v) is 5.27. The topological polar surface area (TPSA) is 35.2 Å². The fourth-order valence-corrected chi connectivity index (χ4v) is 3.88. The van der Waals surface area contributed by atoms with Gasteiger partial charge in [-0.05, 0) is 50.2 Å². The maximum Gasteiger partial charge on any atom is 0.123 e. The zero-order valence-corrected chi connectivity index (χ0v) is 12.8. The summed E-state index contributed by atoms with van der Waals surface area (Å²) in [6.07, 6.45) is 8.57. The molecule has 2 N–H and O–H groups in total. The van der Waals surface area contributed by atoms with Crippen LogP contribution in [0, 0.1) is 12.8 Å². The highest BCUT2D eigenvalue weighted by atomic mass is 16.5. The van der Waals surface area contributed by atoms with E-state index in [2.05, 4.69) is 32.0 Å². The van der Waals surface area contributed by atoms with Gasteiger partial charge in [0.15, 0.2) is 0 Å². The van der Waals surface area contributed by atoms with Gasteiger partial charge in [0.05, 0.1) is 0 Å². The third kappa shape index (κ3) is 2.85. The predicted octanol–water partition coefficient (Wildman–Crippen LogP) is 3.99. The zero-order valence-electron chi connectivity index (χ0n) is 12.8. The van der Waals surface area contributed by atoms with E-state index >= 15 is 0 Å². The van der Waals surface area contributed by atoms with Crippen LogP contribution in [0.15, 0.2) is 18.2 Å². The average molecular weight is 273 g/mol. The van der Waals surface area contributed by atoms with Crippen LogP contribution in [0.5, 0.6) is 5.75 Å². The normalized spacial score (nSPS) is 32.8. The highest BCUT2D eigenvalue weighted by molar-refractivity contribution is 5.40. The van der Waals surface area contributed by atoms with Crippen LogP contribution in [0.3, 0.4) is 0 Å². The standard InChI is InChI=1S/C18H27NO/c1-3-14-6-8-18(19,9-7-14)12-16-11-15-10-13(2)4-5-17(15)20-16/h4-5,10,14,16H,3,6-9,11-12,19H2,1-2H3. The lowest BCUT2D eigenvalue weighted by Crippen LogP contribution is -2.46. The molecule has 2 nitrogen and oxygen atoms in total. The van der Waals surface area contributed by atoms with Crippen molar-refractivity contribution in [1.29, 1.82) is 0 Å². The maximum absolute atomic E-state index is 6.64. The van der Waals surface area contributed by atoms with Crippen LogP contribution in [0.1, 0.15) is 56.6 Å². The summed E-state index contributed by atoms with van der Waals surface area (Å²) in [6.45, 7) is 4.44. The largest absolute Gasteiger partial charge is 0.490 e. The van der Waals surface area contributed by atoms with E-state index in [0.29, 0.717) is 0 Å². The minimum Gasteiger partial charge on any atom is -0.490 e. The van der Waals surface area contributed by atoms with Gasteiger partial charge < -0.3 is 10.5 Å². The quantitative estimate of drug-likeness (QED) is 0.904. The number of aryl methyl sites for hydroxylation is 1. The maximum atomic E-state index is 6.64. The first-order chi connectivity index (χ1) is 9.58. The van der Waals surface area contributed by atoms with Crippen LogP contribution in [-0.2, 0) is 6.42 Å². The van der Waals surface area contributed by atoms with Crippen molar-refractivity contribution in [2.75, 3.05) is 0 Å². The molecule has 110 valence electrons. The molecule has 1 heterocycles. The van der Waals surface area contributed by atoms with E-state index < -0.39 is 0 Å². The monoisotopic (exact) mass is 273 g/mol. The van der Waals surface area contributed by atoms with Gasteiger partial charge in [-0.15, -0.1) is 0 Å². The molecule has 1 atom stereocenters. The lowest BCUT2D eigenvalue weighted by atomic mass is 9.73. The fraction of sp³-hybridized carbons (Fsp3) is 0.667. The SMILES string of the molecule is CCC1CCC(N)(CC2Cc3cc(C)ccc3O2)CC1.